The summed E-state index contributed by atoms with van der Waals surface area (Å²) in [6.07, 6.45) is 0. The van der Waals surface area contributed by atoms with Gasteiger partial charge in [0.15, 0.2) is 11.5 Å². The minimum absolute atomic E-state index is 0.0114. The van der Waals surface area contributed by atoms with E-state index in [1.165, 1.54) is 12.1 Å². The van der Waals surface area contributed by atoms with Crippen molar-refractivity contribution in [1.82, 2.24) is 5.32 Å². The summed E-state index contributed by atoms with van der Waals surface area (Å²) in [6.45, 7) is 3.81. The van der Waals surface area contributed by atoms with Crippen LogP contribution in [0.3, 0.4) is 0 Å². The van der Waals surface area contributed by atoms with Gasteiger partial charge in [-0.25, -0.2) is 0 Å². The Morgan fingerprint density at radius 2 is 2.00 bits per heavy atom. The summed E-state index contributed by atoms with van der Waals surface area (Å²) in [4.78, 5) is 11.7. The number of nitrogens with one attached hydrogen (secondary N) is 1. The van der Waals surface area contributed by atoms with Crippen LogP contribution in [0.1, 0.15) is 24.2 Å². The van der Waals surface area contributed by atoms with Gasteiger partial charge in [-0.15, -0.1) is 0 Å². The molecule has 1 aliphatic heterocycles. The molecule has 0 unspecified atom stereocenters. The fourth-order valence-corrected chi connectivity index (χ4v) is 1.45. The first kappa shape index (κ1) is 10.6. The molecule has 0 saturated carbocycles. The van der Waals surface area contributed by atoms with Crippen molar-refractivity contribution in [2.45, 2.75) is 19.9 Å². The molecule has 16 heavy (non-hydrogen) atoms. The maximum absolute atomic E-state index is 11.7. The van der Waals surface area contributed by atoms with Gasteiger partial charge in [0.05, 0.1) is 5.56 Å². The third-order valence-corrected chi connectivity index (χ3v) is 2.16. The maximum atomic E-state index is 11.7. The number of amides is 1. The first-order valence-electron chi connectivity index (χ1n) is 5.01. The lowest BCUT2D eigenvalue weighted by Gasteiger charge is -2.10. The smallest absolute Gasteiger partial charge is 0.255 e. The lowest BCUT2D eigenvalue weighted by molar-refractivity contribution is 0.0940. The Labute approximate surface area is 93.0 Å². The van der Waals surface area contributed by atoms with E-state index < -0.39 is 0 Å². The van der Waals surface area contributed by atoms with Crippen molar-refractivity contribution in [3.05, 3.63) is 17.7 Å². The van der Waals surface area contributed by atoms with Gasteiger partial charge >= 0.3 is 0 Å². The Morgan fingerprint density at radius 1 is 1.38 bits per heavy atom. The van der Waals surface area contributed by atoms with Crippen LogP contribution in [-0.2, 0) is 0 Å². The Kier molecular flexibility index (Phi) is 2.60. The van der Waals surface area contributed by atoms with E-state index in [0.717, 1.165) is 0 Å². The third kappa shape index (κ3) is 1.88. The Morgan fingerprint density at radius 3 is 2.62 bits per heavy atom. The van der Waals surface area contributed by atoms with Crippen molar-refractivity contribution in [3.63, 3.8) is 0 Å². The lowest BCUT2D eigenvalue weighted by Crippen LogP contribution is -2.30. The van der Waals surface area contributed by atoms with Gasteiger partial charge in [-0.3, -0.25) is 4.79 Å². The van der Waals surface area contributed by atoms with E-state index in [4.69, 9.17) is 9.47 Å². The molecule has 1 aliphatic rings. The zero-order valence-corrected chi connectivity index (χ0v) is 9.11. The normalized spacial score (nSPS) is 12.9. The number of aromatic hydroxyl groups is 1. The van der Waals surface area contributed by atoms with Crippen molar-refractivity contribution < 1.29 is 19.4 Å². The average Bonchev–Trinajstić information content (AvgIpc) is 2.61. The topological polar surface area (TPSA) is 67.8 Å². The second kappa shape index (κ2) is 3.92. The second-order valence-electron chi connectivity index (χ2n) is 3.85. The van der Waals surface area contributed by atoms with Crippen LogP contribution in [0.5, 0.6) is 17.2 Å². The average molecular weight is 223 g/mol. The number of hydrogen-bond acceptors (Lipinski definition) is 4. The van der Waals surface area contributed by atoms with Crippen molar-refractivity contribution in [2.24, 2.45) is 0 Å². The van der Waals surface area contributed by atoms with Crippen LogP contribution in [0.2, 0.25) is 0 Å². The van der Waals surface area contributed by atoms with Gasteiger partial charge in [-0.2, -0.15) is 0 Å². The fraction of sp³-hybridized carbons (Fsp3) is 0.364. The third-order valence-electron chi connectivity index (χ3n) is 2.16. The van der Waals surface area contributed by atoms with Gasteiger partial charge in [0.1, 0.15) is 5.75 Å². The van der Waals surface area contributed by atoms with Crippen molar-refractivity contribution in [3.8, 4) is 17.2 Å². The highest BCUT2D eigenvalue weighted by Gasteiger charge is 2.20. The van der Waals surface area contributed by atoms with E-state index in [1.807, 2.05) is 13.8 Å². The number of rotatable bonds is 2. The summed E-state index contributed by atoms with van der Waals surface area (Å²) in [5.74, 6) is 0.499. The number of benzene rings is 1. The monoisotopic (exact) mass is 223 g/mol. The van der Waals surface area contributed by atoms with Gasteiger partial charge < -0.3 is 19.9 Å². The molecule has 0 fully saturated rings. The van der Waals surface area contributed by atoms with Crippen LogP contribution in [0.15, 0.2) is 12.1 Å². The minimum Gasteiger partial charge on any atom is -0.507 e. The predicted octanol–water partition coefficient (Wildman–Crippen LogP) is 1.26. The number of fused-ring (bicyclic) bond motifs is 1. The molecule has 1 amide bonds. The first-order chi connectivity index (χ1) is 7.58. The molecular weight excluding hydrogens is 210 g/mol. The number of carbonyl (C=O) groups excluding carboxylic acids is 1. The minimum atomic E-state index is -0.328. The molecule has 0 aliphatic carbocycles. The molecule has 5 nitrogen and oxygen atoms in total. The summed E-state index contributed by atoms with van der Waals surface area (Å²) >= 11 is 0. The van der Waals surface area contributed by atoms with E-state index in [0.29, 0.717) is 11.5 Å². The molecule has 0 radical (unpaired) electrons. The van der Waals surface area contributed by atoms with Gasteiger partial charge in [0, 0.05) is 18.2 Å². The Hall–Kier alpha value is -1.91. The molecule has 0 saturated heterocycles. The van der Waals surface area contributed by atoms with Crippen molar-refractivity contribution in [2.75, 3.05) is 6.79 Å². The molecule has 1 aromatic rings. The van der Waals surface area contributed by atoms with E-state index >= 15 is 0 Å². The van der Waals surface area contributed by atoms with Crippen LogP contribution >= 0.6 is 0 Å². The molecular formula is C11H13NO4. The molecule has 5 heteroatoms. The highest BCUT2D eigenvalue weighted by Crippen LogP contribution is 2.37. The zero-order chi connectivity index (χ0) is 11.7. The molecule has 2 N–H and O–H groups in total. The van der Waals surface area contributed by atoms with Crippen molar-refractivity contribution in [1.29, 1.82) is 0 Å². The van der Waals surface area contributed by atoms with Crippen LogP contribution < -0.4 is 14.8 Å². The van der Waals surface area contributed by atoms with E-state index in [-0.39, 0.29) is 30.1 Å². The second-order valence-corrected chi connectivity index (χ2v) is 3.85. The number of phenols is 1. The number of carbonyl (C=O) groups is 1. The molecule has 86 valence electrons. The van der Waals surface area contributed by atoms with E-state index in [2.05, 4.69) is 5.32 Å². The largest absolute Gasteiger partial charge is 0.507 e. The van der Waals surface area contributed by atoms with Gasteiger partial charge in [0.25, 0.3) is 5.91 Å². The summed E-state index contributed by atoms with van der Waals surface area (Å²) in [7, 11) is 0. The van der Waals surface area contributed by atoms with Gasteiger partial charge in [-0.1, -0.05) is 0 Å². The molecule has 1 aromatic carbocycles. The predicted molar refractivity (Wildman–Crippen MR) is 56.8 cm³/mol. The molecule has 2 rings (SSSR count). The maximum Gasteiger partial charge on any atom is 0.255 e. The van der Waals surface area contributed by atoms with E-state index in [1.54, 1.807) is 0 Å². The Bertz CT molecular complexity index is 428. The fourth-order valence-electron chi connectivity index (χ4n) is 1.45. The summed E-state index contributed by atoms with van der Waals surface area (Å²) in [5, 5.41) is 12.4. The van der Waals surface area contributed by atoms with Gasteiger partial charge in [0.2, 0.25) is 6.79 Å². The van der Waals surface area contributed by atoms with Crippen LogP contribution in [0.25, 0.3) is 0 Å². The SMILES string of the molecule is CC(C)NC(=O)c1cc2c(cc1O)OCO2. The zero-order valence-electron chi connectivity index (χ0n) is 9.11. The lowest BCUT2D eigenvalue weighted by atomic mass is 10.1. The standard InChI is InChI=1S/C11H13NO4/c1-6(2)12-11(14)7-3-9-10(4-8(7)13)16-5-15-9/h3-4,6,13H,5H2,1-2H3,(H,12,14). The number of hydrogen-bond donors (Lipinski definition) is 2. The Balaban J connectivity index is 2.31. The quantitative estimate of drug-likeness (QED) is 0.792. The molecule has 0 atom stereocenters. The molecule has 0 aromatic heterocycles. The number of phenolic OH excluding ortho intramolecular Hbond substituents is 1. The summed E-state index contributed by atoms with van der Waals surface area (Å²) < 4.78 is 10.2. The number of ether oxygens (including phenoxy) is 2. The summed E-state index contributed by atoms with van der Waals surface area (Å²) in [6, 6.07) is 2.88. The highest BCUT2D eigenvalue weighted by atomic mass is 16.7. The van der Waals surface area contributed by atoms with Crippen molar-refractivity contribution >= 4 is 5.91 Å². The van der Waals surface area contributed by atoms with Gasteiger partial charge in [-0.05, 0) is 13.8 Å². The highest BCUT2D eigenvalue weighted by molar-refractivity contribution is 5.97. The molecule has 0 bridgehead atoms. The summed E-state index contributed by atoms with van der Waals surface area (Å²) in [5.41, 5.74) is 0.193. The molecule has 1 heterocycles. The molecule has 0 spiro atoms. The van der Waals surface area contributed by atoms with E-state index in [9.17, 15) is 9.90 Å². The van der Waals surface area contributed by atoms with Crippen LogP contribution in [-0.4, -0.2) is 23.8 Å². The van der Waals surface area contributed by atoms with Crippen LogP contribution in [0, 0.1) is 0 Å². The first-order valence-corrected chi connectivity index (χ1v) is 5.01. The van der Waals surface area contributed by atoms with Crippen LogP contribution in [0.4, 0.5) is 0 Å².